The van der Waals surface area contributed by atoms with E-state index in [4.69, 9.17) is 9.47 Å². The summed E-state index contributed by atoms with van der Waals surface area (Å²) in [6.07, 6.45) is -0.924. The predicted molar refractivity (Wildman–Crippen MR) is 68.7 cm³/mol. The van der Waals surface area contributed by atoms with Crippen molar-refractivity contribution in [2.45, 2.75) is 32.0 Å². The zero-order valence-corrected chi connectivity index (χ0v) is 11.3. The van der Waals surface area contributed by atoms with Crippen LogP contribution in [0.3, 0.4) is 0 Å². The number of hydrogen-bond donors (Lipinski definition) is 2. The zero-order valence-electron chi connectivity index (χ0n) is 11.3. The highest BCUT2D eigenvalue weighted by Crippen LogP contribution is 2.42. The van der Waals surface area contributed by atoms with Gasteiger partial charge < -0.3 is 19.7 Å². The number of aliphatic hydroxyl groups excluding tert-OH is 1. The highest BCUT2D eigenvalue weighted by molar-refractivity contribution is 6.02. The highest BCUT2D eigenvalue weighted by atomic mass is 16.5. The first-order valence-electron chi connectivity index (χ1n) is 6.21. The predicted octanol–water partition coefficient (Wildman–Crippen LogP) is 1.60. The summed E-state index contributed by atoms with van der Waals surface area (Å²) in [5.41, 5.74) is 1.14. The van der Waals surface area contributed by atoms with Crippen LogP contribution in [0.4, 0.5) is 0 Å². The Morgan fingerprint density at radius 1 is 1.42 bits per heavy atom. The number of ketones is 1. The highest BCUT2D eigenvalue weighted by Gasteiger charge is 2.36. The molecule has 1 aromatic carbocycles. The summed E-state index contributed by atoms with van der Waals surface area (Å²) >= 11 is 0. The largest absolute Gasteiger partial charge is 0.507 e. The van der Waals surface area contributed by atoms with Gasteiger partial charge in [0, 0.05) is 24.7 Å². The molecular formula is C14H18O5. The van der Waals surface area contributed by atoms with Gasteiger partial charge in [-0.25, -0.2) is 0 Å². The summed E-state index contributed by atoms with van der Waals surface area (Å²) in [7, 11) is 2.94. The molecule has 0 aromatic heterocycles. The van der Waals surface area contributed by atoms with Gasteiger partial charge in [0.05, 0.1) is 18.8 Å². The molecule has 19 heavy (non-hydrogen) atoms. The van der Waals surface area contributed by atoms with Gasteiger partial charge in [0.2, 0.25) is 0 Å². The third kappa shape index (κ3) is 2.09. The lowest BCUT2D eigenvalue weighted by atomic mass is 9.84. The number of aromatic hydroxyl groups is 1. The molecule has 0 saturated carbocycles. The molecule has 5 heteroatoms. The Morgan fingerprint density at radius 3 is 2.63 bits per heavy atom. The van der Waals surface area contributed by atoms with Crippen molar-refractivity contribution in [1.82, 2.24) is 0 Å². The molecule has 104 valence electrons. The van der Waals surface area contributed by atoms with Crippen LogP contribution in [0.5, 0.6) is 11.5 Å². The Balaban J connectivity index is 2.66. The van der Waals surface area contributed by atoms with Crippen LogP contribution in [0, 0.1) is 0 Å². The number of benzene rings is 1. The Labute approximate surface area is 111 Å². The van der Waals surface area contributed by atoms with Gasteiger partial charge in [-0.05, 0) is 12.5 Å². The van der Waals surface area contributed by atoms with Crippen LogP contribution in [-0.4, -0.2) is 36.3 Å². The van der Waals surface area contributed by atoms with Crippen molar-refractivity contribution in [2.75, 3.05) is 14.2 Å². The first-order chi connectivity index (χ1) is 9.04. The molecule has 0 bridgehead atoms. The summed E-state index contributed by atoms with van der Waals surface area (Å²) in [5.74, 6) is 0.166. The Kier molecular flexibility index (Phi) is 3.78. The number of aliphatic hydroxyl groups is 1. The molecule has 0 saturated heterocycles. The van der Waals surface area contributed by atoms with E-state index in [1.165, 1.54) is 14.2 Å². The Morgan fingerprint density at radius 2 is 2.11 bits per heavy atom. The first kappa shape index (κ1) is 13.8. The van der Waals surface area contributed by atoms with Crippen molar-refractivity contribution in [3.05, 3.63) is 22.8 Å². The number of carbonyl (C=O) groups is 1. The average Bonchev–Trinajstić information content (AvgIpc) is 2.41. The summed E-state index contributed by atoms with van der Waals surface area (Å²) in [4.78, 5) is 12.1. The number of carbonyl (C=O) groups excluding carboxylic acids is 1. The fourth-order valence-electron chi connectivity index (χ4n) is 2.56. The van der Waals surface area contributed by atoms with E-state index in [0.29, 0.717) is 23.3 Å². The van der Waals surface area contributed by atoms with Gasteiger partial charge in [0.1, 0.15) is 17.6 Å². The van der Waals surface area contributed by atoms with E-state index in [0.717, 1.165) is 0 Å². The maximum atomic E-state index is 12.1. The van der Waals surface area contributed by atoms with Gasteiger partial charge >= 0.3 is 0 Å². The smallest absolute Gasteiger partial charge is 0.169 e. The molecule has 0 fully saturated rings. The monoisotopic (exact) mass is 266 g/mol. The summed E-state index contributed by atoms with van der Waals surface area (Å²) in [5, 5.41) is 20.4. The SMILES string of the molecule is CCc1c(OC)cc2c(c1O)C(=O)C[C@@H](OC)[C@@H]2O. The number of methoxy groups -OCH3 is 2. The average molecular weight is 266 g/mol. The third-order valence-electron chi connectivity index (χ3n) is 3.61. The van der Waals surface area contributed by atoms with Crippen molar-refractivity contribution in [2.24, 2.45) is 0 Å². The van der Waals surface area contributed by atoms with E-state index in [2.05, 4.69) is 0 Å². The fourth-order valence-corrected chi connectivity index (χ4v) is 2.56. The fraction of sp³-hybridized carbons (Fsp3) is 0.500. The van der Waals surface area contributed by atoms with E-state index >= 15 is 0 Å². The van der Waals surface area contributed by atoms with Crippen molar-refractivity contribution in [1.29, 1.82) is 0 Å². The van der Waals surface area contributed by atoms with Gasteiger partial charge in [0.25, 0.3) is 0 Å². The molecule has 5 nitrogen and oxygen atoms in total. The number of fused-ring (bicyclic) bond motifs is 1. The van der Waals surface area contributed by atoms with Gasteiger partial charge in [-0.3, -0.25) is 4.79 Å². The second-order valence-corrected chi connectivity index (χ2v) is 4.57. The molecule has 0 spiro atoms. The number of rotatable bonds is 3. The minimum Gasteiger partial charge on any atom is -0.507 e. The van der Waals surface area contributed by atoms with Crippen molar-refractivity contribution >= 4 is 5.78 Å². The lowest BCUT2D eigenvalue weighted by Gasteiger charge is -2.29. The Hall–Kier alpha value is -1.59. The maximum absolute atomic E-state index is 12.1. The number of hydrogen-bond acceptors (Lipinski definition) is 5. The summed E-state index contributed by atoms with van der Waals surface area (Å²) in [6, 6.07) is 1.61. The van der Waals surface area contributed by atoms with Crippen molar-refractivity contribution in [3.63, 3.8) is 0 Å². The lowest BCUT2D eigenvalue weighted by Crippen LogP contribution is -2.31. The summed E-state index contributed by atoms with van der Waals surface area (Å²) < 4.78 is 10.3. The van der Waals surface area contributed by atoms with Crippen LogP contribution in [0.25, 0.3) is 0 Å². The lowest BCUT2D eigenvalue weighted by molar-refractivity contribution is -0.0195. The van der Waals surface area contributed by atoms with E-state index in [1.807, 2.05) is 6.92 Å². The molecule has 2 N–H and O–H groups in total. The Bertz CT molecular complexity index is 509. The van der Waals surface area contributed by atoms with Crippen LogP contribution in [-0.2, 0) is 11.2 Å². The number of ether oxygens (including phenoxy) is 2. The number of phenolic OH excluding ortho intramolecular Hbond substituents is 1. The summed E-state index contributed by atoms with van der Waals surface area (Å²) in [6.45, 7) is 1.87. The van der Waals surface area contributed by atoms with Gasteiger partial charge in [-0.2, -0.15) is 0 Å². The van der Waals surface area contributed by atoms with Crippen LogP contribution < -0.4 is 4.74 Å². The molecule has 0 amide bonds. The van der Waals surface area contributed by atoms with Gasteiger partial charge in [0.15, 0.2) is 5.78 Å². The normalized spacial score (nSPS) is 22.2. The topological polar surface area (TPSA) is 76.0 Å². The van der Waals surface area contributed by atoms with E-state index < -0.39 is 12.2 Å². The molecule has 2 atom stereocenters. The second-order valence-electron chi connectivity index (χ2n) is 4.57. The van der Waals surface area contributed by atoms with Crippen LogP contribution in [0.15, 0.2) is 6.07 Å². The molecule has 0 heterocycles. The standard InChI is InChI=1S/C14H18O5/c1-4-7-10(18-2)5-8-12(14(7)17)9(15)6-11(19-3)13(8)16/h5,11,13,16-17H,4,6H2,1-3H3/t11-,13-/m1/s1. The number of phenols is 1. The molecule has 1 aromatic rings. The minimum absolute atomic E-state index is 0.0632. The molecule has 0 aliphatic heterocycles. The second kappa shape index (κ2) is 5.19. The number of Topliss-reactive ketones (excluding diaryl/α,β-unsaturated/α-hetero) is 1. The third-order valence-corrected chi connectivity index (χ3v) is 3.61. The van der Waals surface area contributed by atoms with Gasteiger partial charge in [-0.1, -0.05) is 6.92 Å². The zero-order chi connectivity index (χ0) is 14.2. The molecule has 0 unspecified atom stereocenters. The van der Waals surface area contributed by atoms with Crippen LogP contribution in [0.2, 0.25) is 0 Å². The molecule has 1 aliphatic rings. The quantitative estimate of drug-likeness (QED) is 0.869. The van der Waals surface area contributed by atoms with Crippen molar-refractivity contribution < 1.29 is 24.5 Å². The molecular weight excluding hydrogens is 248 g/mol. The minimum atomic E-state index is -0.941. The molecule has 0 radical (unpaired) electrons. The maximum Gasteiger partial charge on any atom is 0.169 e. The first-order valence-corrected chi connectivity index (χ1v) is 6.21. The van der Waals surface area contributed by atoms with E-state index in [-0.39, 0.29) is 23.5 Å². The van der Waals surface area contributed by atoms with Crippen LogP contribution in [0.1, 0.15) is 40.9 Å². The van der Waals surface area contributed by atoms with Crippen molar-refractivity contribution in [3.8, 4) is 11.5 Å². The molecule has 1 aliphatic carbocycles. The van der Waals surface area contributed by atoms with E-state index in [1.54, 1.807) is 6.07 Å². The van der Waals surface area contributed by atoms with Gasteiger partial charge in [-0.15, -0.1) is 0 Å². The van der Waals surface area contributed by atoms with E-state index in [9.17, 15) is 15.0 Å². The molecule has 2 rings (SSSR count). The van der Waals surface area contributed by atoms with Crippen LogP contribution >= 0.6 is 0 Å².